The Morgan fingerprint density at radius 1 is 0.958 bits per heavy atom. The molecule has 6 heteroatoms. The van der Waals surface area contributed by atoms with Crippen molar-refractivity contribution in [2.45, 2.75) is 13.5 Å². The van der Waals surface area contributed by atoms with Crippen molar-refractivity contribution >= 4 is 6.03 Å². The molecule has 0 aliphatic carbocycles. The Hall–Kier alpha value is -2.89. The summed E-state index contributed by atoms with van der Waals surface area (Å²) in [5.74, 6) is 2.03. The third-order valence-electron chi connectivity index (χ3n) is 3.22. The zero-order chi connectivity index (χ0) is 17.2. The summed E-state index contributed by atoms with van der Waals surface area (Å²) in [4.78, 5) is 11.8. The van der Waals surface area contributed by atoms with Crippen LogP contribution in [0.3, 0.4) is 0 Å². The van der Waals surface area contributed by atoms with E-state index in [1.54, 1.807) is 13.2 Å². The topological polar surface area (TPSA) is 68.8 Å². The van der Waals surface area contributed by atoms with E-state index in [9.17, 15) is 4.79 Å². The molecule has 0 spiro atoms. The fraction of sp³-hybridized carbons (Fsp3) is 0.278. The summed E-state index contributed by atoms with van der Waals surface area (Å²) >= 11 is 0. The Balaban J connectivity index is 1.73. The van der Waals surface area contributed by atoms with Gasteiger partial charge in [0.05, 0.1) is 13.7 Å². The number of ether oxygens (including phenoxy) is 3. The predicted molar refractivity (Wildman–Crippen MR) is 91.5 cm³/mol. The third-order valence-corrected chi connectivity index (χ3v) is 3.22. The average Bonchev–Trinajstić information content (AvgIpc) is 2.62. The van der Waals surface area contributed by atoms with Gasteiger partial charge in [-0.3, -0.25) is 0 Å². The van der Waals surface area contributed by atoms with Crippen LogP contribution in [-0.2, 0) is 6.54 Å². The molecule has 0 bridgehead atoms. The molecule has 0 aliphatic heterocycles. The van der Waals surface area contributed by atoms with Gasteiger partial charge in [-0.2, -0.15) is 0 Å². The molecular formula is C18H22N2O4. The molecule has 2 rings (SSSR count). The van der Waals surface area contributed by atoms with Crippen LogP contribution in [0.4, 0.5) is 4.79 Å². The molecule has 0 unspecified atom stereocenters. The Morgan fingerprint density at radius 2 is 1.62 bits per heavy atom. The van der Waals surface area contributed by atoms with E-state index in [-0.39, 0.29) is 12.8 Å². The Kier molecular flexibility index (Phi) is 6.76. The minimum atomic E-state index is -0.306. The van der Waals surface area contributed by atoms with Crippen molar-refractivity contribution in [2.75, 3.05) is 20.4 Å². The number of urea groups is 1. The first-order valence-electron chi connectivity index (χ1n) is 7.72. The van der Waals surface area contributed by atoms with E-state index < -0.39 is 0 Å². The van der Waals surface area contributed by atoms with Gasteiger partial charge in [-0.25, -0.2) is 4.79 Å². The molecule has 0 saturated carbocycles. The monoisotopic (exact) mass is 330 g/mol. The summed E-state index contributed by atoms with van der Waals surface area (Å²) in [7, 11) is 1.62. The standard InChI is InChI=1S/C18H22N2O4/c1-3-23-16-6-4-5-7-17(16)24-13-20-18(21)19-12-14-8-10-15(22-2)11-9-14/h4-11H,3,12-13H2,1-2H3,(H2,19,20,21). The molecule has 2 amide bonds. The predicted octanol–water partition coefficient (Wildman–Crippen LogP) is 2.93. The highest BCUT2D eigenvalue weighted by atomic mass is 16.5. The van der Waals surface area contributed by atoms with Gasteiger partial charge in [0.1, 0.15) is 5.75 Å². The third kappa shape index (κ3) is 5.39. The van der Waals surface area contributed by atoms with Gasteiger partial charge in [-0.1, -0.05) is 24.3 Å². The van der Waals surface area contributed by atoms with Crippen LogP contribution in [0.5, 0.6) is 17.2 Å². The van der Waals surface area contributed by atoms with Crippen molar-refractivity contribution in [3.8, 4) is 17.2 Å². The van der Waals surface area contributed by atoms with Crippen LogP contribution in [0, 0.1) is 0 Å². The first-order chi connectivity index (χ1) is 11.7. The van der Waals surface area contributed by atoms with Gasteiger partial charge in [0.15, 0.2) is 18.2 Å². The van der Waals surface area contributed by atoms with Crippen LogP contribution in [0.1, 0.15) is 12.5 Å². The van der Waals surface area contributed by atoms with Crippen LogP contribution in [0.15, 0.2) is 48.5 Å². The van der Waals surface area contributed by atoms with Gasteiger partial charge in [0, 0.05) is 6.54 Å². The maximum absolute atomic E-state index is 11.8. The van der Waals surface area contributed by atoms with E-state index >= 15 is 0 Å². The number of carbonyl (C=O) groups is 1. The number of para-hydroxylation sites is 2. The van der Waals surface area contributed by atoms with Gasteiger partial charge in [0.25, 0.3) is 0 Å². The van der Waals surface area contributed by atoms with E-state index in [0.29, 0.717) is 24.7 Å². The highest BCUT2D eigenvalue weighted by molar-refractivity contribution is 5.73. The molecule has 2 aromatic rings. The summed E-state index contributed by atoms with van der Waals surface area (Å²) < 4.78 is 16.1. The van der Waals surface area contributed by atoms with Crippen LogP contribution in [0.2, 0.25) is 0 Å². The van der Waals surface area contributed by atoms with Crippen molar-refractivity contribution in [1.29, 1.82) is 0 Å². The largest absolute Gasteiger partial charge is 0.497 e. The molecule has 0 saturated heterocycles. The zero-order valence-corrected chi connectivity index (χ0v) is 13.9. The number of benzene rings is 2. The zero-order valence-electron chi connectivity index (χ0n) is 13.9. The fourth-order valence-electron chi connectivity index (χ4n) is 2.01. The van der Waals surface area contributed by atoms with Crippen molar-refractivity contribution in [3.05, 3.63) is 54.1 Å². The lowest BCUT2D eigenvalue weighted by molar-refractivity contribution is 0.219. The summed E-state index contributed by atoms with van der Waals surface area (Å²) in [6, 6.07) is 14.5. The molecule has 0 heterocycles. The number of methoxy groups -OCH3 is 1. The Bertz CT molecular complexity index is 644. The van der Waals surface area contributed by atoms with Crippen molar-refractivity contribution in [1.82, 2.24) is 10.6 Å². The van der Waals surface area contributed by atoms with E-state index in [0.717, 1.165) is 11.3 Å². The molecule has 6 nitrogen and oxygen atoms in total. The van der Waals surface area contributed by atoms with Crippen LogP contribution < -0.4 is 24.8 Å². The number of hydrogen-bond donors (Lipinski definition) is 2. The molecule has 0 atom stereocenters. The van der Waals surface area contributed by atoms with Crippen LogP contribution in [0.25, 0.3) is 0 Å². The van der Waals surface area contributed by atoms with Gasteiger partial charge in [0.2, 0.25) is 0 Å². The molecule has 2 aromatic carbocycles. The average molecular weight is 330 g/mol. The minimum Gasteiger partial charge on any atom is -0.497 e. The quantitative estimate of drug-likeness (QED) is 0.730. The lowest BCUT2D eigenvalue weighted by atomic mass is 10.2. The second-order valence-corrected chi connectivity index (χ2v) is 4.88. The molecule has 128 valence electrons. The molecule has 0 fully saturated rings. The smallest absolute Gasteiger partial charge is 0.317 e. The van der Waals surface area contributed by atoms with Gasteiger partial charge >= 0.3 is 6.03 Å². The maximum atomic E-state index is 11.8. The highest BCUT2D eigenvalue weighted by Gasteiger charge is 2.05. The molecule has 0 aromatic heterocycles. The first kappa shape index (κ1) is 17.5. The lowest BCUT2D eigenvalue weighted by Crippen LogP contribution is -2.37. The minimum absolute atomic E-state index is 0.0541. The second kappa shape index (κ2) is 9.29. The first-order valence-corrected chi connectivity index (χ1v) is 7.72. The van der Waals surface area contributed by atoms with Crippen LogP contribution in [-0.4, -0.2) is 26.5 Å². The van der Waals surface area contributed by atoms with Crippen molar-refractivity contribution in [2.24, 2.45) is 0 Å². The van der Waals surface area contributed by atoms with Crippen LogP contribution >= 0.6 is 0 Å². The summed E-state index contributed by atoms with van der Waals surface area (Å²) in [6.07, 6.45) is 0. The highest BCUT2D eigenvalue weighted by Crippen LogP contribution is 2.25. The van der Waals surface area contributed by atoms with E-state index in [1.807, 2.05) is 49.4 Å². The Labute approximate surface area is 141 Å². The summed E-state index contributed by atoms with van der Waals surface area (Å²) in [5.41, 5.74) is 0.980. The number of hydrogen-bond acceptors (Lipinski definition) is 4. The molecular weight excluding hydrogens is 308 g/mol. The molecule has 24 heavy (non-hydrogen) atoms. The number of carbonyl (C=O) groups excluding carboxylic acids is 1. The summed E-state index contributed by atoms with van der Waals surface area (Å²) in [6.45, 7) is 2.93. The van der Waals surface area contributed by atoms with E-state index in [2.05, 4.69) is 10.6 Å². The van der Waals surface area contributed by atoms with Gasteiger partial charge in [-0.05, 0) is 36.8 Å². The number of rotatable bonds is 8. The van der Waals surface area contributed by atoms with Gasteiger partial charge < -0.3 is 24.8 Å². The normalized spacial score (nSPS) is 9.92. The molecule has 0 aliphatic rings. The number of nitrogens with one attached hydrogen (secondary N) is 2. The fourth-order valence-corrected chi connectivity index (χ4v) is 2.01. The SMILES string of the molecule is CCOc1ccccc1OCNC(=O)NCc1ccc(OC)cc1. The molecule has 2 N–H and O–H groups in total. The lowest BCUT2D eigenvalue weighted by Gasteiger charge is -2.12. The van der Waals surface area contributed by atoms with Crippen molar-refractivity contribution in [3.63, 3.8) is 0 Å². The van der Waals surface area contributed by atoms with Gasteiger partial charge in [-0.15, -0.1) is 0 Å². The second-order valence-electron chi connectivity index (χ2n) is 4.88. The summed E-state index contributed by atoms with van der Waals surface area (Å²) in [5, 5.41) is 5.40. The van der Waals surface area contributed by atoms with E-state index in [1.165, 1.54) is 0 Å². The maximum Gasteiger partial charge on any atom is 0.317 e. The number of amides is 2. The van der Waals surface area contributed by atoms with E-state index in [4.69, 9.17) is 14.2 Å². The van der Waals surface area contributed by atoms with Crippen molar-refractivity contribution < 1.29 is 19.0 Å². The Morgan fingerprint density at radius 3 is 2.25 bits per heavy atom. The molecule has 0 radical (unpaired) electrons.